The number of aliphatic hydroxyl groups is 1. The molecule has 0 aliphatic heterocycles. The first kappa shape index (κ1) is 13.0. The molecule has 0 fully saturated rings. The van der Waals surface area contributed by atoms with Crippen LogP contribution in [0.2, 0.25) is 0 Å². The Balaban J connectivity index is 2.98. The van der Waals surface area contributed by atoms with Crippen molar-refractivity contribution in [2.75, 3.05) is 0 Å². The Morgan fingerprint density at radius 2 is 1.87 bits per heavy atom. The fraction of sp³-hybridized carbons (Fsp3) is 0.455. The van der Waals surface area contributed by atoms with E-state index in [9.17, 15) is 0 Å². The molecule has 1 aromatic carbocycles. The quantitative estimate of drug-likeness (QED) is 0.903. The van der Waals surface area contributed by atoms with Crippen LogP contribution < -0.4 is 4.74 Å². The summed E-state index contributed by atoms with van der Waals surface area (Å²) in [5.74, 6) is 0.793. The lowest BCUT2D eigenvalue weighted by Gasteiger charge is -2.16. The third-order valence-corrected chi connectivity index (χ3v) is 3.31. The van der Waals surface area contributed by atoms with Gasteiger partial charge in [0.2, 0.25) is 0 Å². The maximum Gasteiger partial charge on any atom is 0.148 e. The molecule has 0 amide bonds. The molecule has 0 heterocycles. The molecule has 0 saturated heterocycles. The van der Waals surface area contributed by atoms with Crippen molar-refractivity contribution in [1.29, 1.82) is 0 Å². The number of halogens is 2. The molecule has 84 valence electrons. The monoisotopic (exact) mass is 336 g/mol. The van der Waals surface area contributed by atoms with Crippen LogP contribution in [0.1, 0.15) is 25.8 Å². The van der Waals surface area contributed by atoms with Crippen LogP contribution in [0, 0.1) is 0 Å². The Bertz CT molecular complexity index is 316. The van der Waals surface area contributed by atoms with Gasteiger partial charge in [0.15, 0.2) is 0 Å². The first-order valence-corrected chi connectivity index (χ1v) is 6.42. The molecule has 0 saturated carbocycles. The first-order valence-electron chi connectivity index (χ1n) is 4.83. The van der Waals surface area contributed by atoms with E-state index < -0.39 is 0 Å². The lowest BCUT2D eigenvalue weighted by Crippen LogP contribution is -2.10. The molecule has 1 rings (SSSR count). The minimum atomic E-state index is 0.0286. The van der Waals surface area contributed by atoms with E-state index in [1.165, 1.54) is 0 Å². The van der Waals surface area contributed by atoms with Crippen molar-refractivity contribution >= 4 is 31.9 Å². The molecule has 1 atom stereocenters. The van der Waals surface area contributed by atoms with E-state index in [4.69, 9.17) is 9.84 Å². The fourth-order valence-corrected chi connectivity index (χ4v) is 2.57. The lowest BCUT2D eigenvalue weighted by molar-refractivity contribution is 0.214. The number of ether oxygens (including phenoxy) is 1. The molecule has 0 aliphatic carbocycles. The normalized spacial score (nSPS) is 12.6. The molecule has 4 heteroatoms. The second-order valence-corrected chi connectivity index (χ2v) is 5.09. The molecule has 0 bridgehead atoms. The van der Waals surface area contributed by atoms with Gasteiger partial charge >= 0.3 is 0 Å². The Hall–Kier alpha value is -0.0600. The first-order chi connectivity index (χ1) is 7.08. The number of hydrogen-bond acceptors (Lipinski definition) is 2. The average molecular weight is 338 g/mol. The molecular formula is C11H14Br2O2. The zero-order valence-electron chi connectivity index (χ0n) is 8.76. The number of rotatable bonds is 4. The van der Waals surface area contributed by atoms with Crippen molar-refractivity contribution in [2.24, 2.45) is 0 Å². The number of benzene rings is 1. The van der Waals surface area contributed by atoms with Crippen LogP contribution in [0.15, 0.2) is 21.1 Å². The summed E-state index contributed by atoms with van der Waals surface area (Å²) in [4.78, 5) is 0. The molecule has 15 heavy (non-hydrogen) atoms. The Morgan fingerprint density at radius 3 is 2.27 bits per heavy atom. The molecule has 0 aromatic heterocycles. The molecule has 1 aromatic rings. The molecule has 0 spiro atoms. The third kappa shape index (κ3) is 3.47. The summed E-state index contributed by atoms with van der Waals surface area (Å²) in [5.41, 5.74) is 0.852. The number of aliphatic hydroxyl groups excluding tert-OH is 1. The van der Waals surface area contributed by atoms with Gasteiger partial charge in [-0.3, -0.25) is 0 Å². The molecule has 1 N–H and O–H groups in total. The summed E-state index contributed by atoms with van der Waals surface area (Å²) in [6.07, 6.45) is 1.14. The van der Waals surface area contributed by atoms with Crippen molar-refractivity contribution in [2.45, 2.75) is 33.0 Å². The van der Waals surface area contributed by atoms with Crippen molar-refractivity contribution in [3.8, 4) is 5.75 Å². The minimum absolute atomic E-state index is 0.0286. The van der Waals surface area contributed by atoms with E-state index in [1.54, 1.807) is 0 Å². The number of hydrogen-bond donors (Lipinski definition) is 1. The summed E-state index contributed by atoms with van der Waals surface area (Å²) in [6.45, 7) is 4.13. The zero-order valence-corrected chi connectivity index (χ0v) is 11.9. The second kappa shape index (κ2) is 5.87. The largest absolute Gasteiger partial charge is 0.488 e. The summed E-state index contributed by atoms with van der Waals surface area (Å²) < 4.78 is 7.47. The lowest BCUT2D eigenvalue weighted by atomic mass is 10.2. The molecule has 0 aliphatic rings. The highest BCUT2D eigenvalue weighted by Gasteiger charge is 2.11. The van der Waals surface area contributed by atoms with E-state index in [1.807, 2.05) is 19.1 Å². The van der Waals surface area contributed by atoms with Crippen molar-refractivity contribution in [3.63, 3.8) is 0 Å². The second-order valence-electron chi connectivity index (χ2n) is 3.38. The van der Waals surface area contributed by atoms with Gasteiger partial charge in [-0.25, -0.2) is 0 Å². The molecule has 1 unspecified atom stereocenters. The van der Waals surface area contributed by atoms with Gasteiger partial charge < -0.3 is 9.84 Å². The van der Waals surface area contributed by atoms with E-state index >= 15 is 0 Å². The maximum atomic E-state index is 9.02. The summed E-state index contributed by atoms with van der Waals surface area (Å²) >= 11 is 6.86. The maximum absolute atomic E-state index is 9.02. The summed E-state index contributed by atoms with van der Waals surface area (Å²) in [6, 6.07) is 3.73. The van der Waals surface area contributed by atoms with Crippen molar-refractivity contribution in [3.05, 3.63) is 26.6 Å². The zero-order chi connectivity index (χ0) is 11.4. The van der Waals surface area contributed by atoms with Crippen LogP contribution in [-0.4, -0.2) is 11.2 Å². The van der Waals surface area contributed by atoms with Gasteiger partial charge in [0.1, 0.15) is 5.75 Å². The Labute approximate surface area is 107 Å². The SMILES string of the molecule is CCC(C)Oc1c(Br)cc(CO)cc1Br. The summed E-state index contributed by atoms with van der Waals surface area (Å²) in [7, 11) is 0. The third-order valence-electron chi connectivity index (χ3n) is 2.13. The fourth-order valence-electron chi connectivity index (χ4n) is 1.10. The minimum Gasteiger partial charge on any atom is -0.488 e. The predicted molar refractivity (Wildman–Crippen MR) is 68.1 cm³/mol. The van der Waals surface area contributed by atoms with E-state index in [0.29, 0.717) is 0 Å². The van der Waals surface area contributed by atoms with Gasteiger partial charge in [-0.2, -0.15) is 0 Å². The molecule has 0 radical (unpaired) electrons. The van der Waals surface area contributed by atoms with Crippen LogP contribution in [0.25, 0.3) is 0 Å². The van der Waals surface area contributed by atoms with Crippen molar-refractivity contribution < 1.29 is 9.84 Å². The average Bonchev–Trinajstić information content (AvgIpc) is 2.22. The molecular weight excluding hydrogens is 324 g/mol. The highest BCUT2D eigenvalue weighted by atomic mass is 79.9. The Kier molecular flexibility index (Phi) is 5.09. The van der Waals surface area contributed by atoms with Crippen LogP contribution in [0.3, 0.4) is 0 Å². The van der Waals surface area contributed by atoms with Crippen LogP contribution >= 0.6 is 31.9 Å². The standard InChI is InChI=1S/C11H14Br2O2/c1-3-7(2)15-11-9(12)4-8(6-14)5-10(11)13/h4-5,7,14H,3,6H2,1-2H3. The van der Waals surface area contributed by atoms with Crippen molar-refractivity contribution in [1.82, 2.24) is 0 Å². The Morgan fingerprint density at radius 1 is 1.33 bits per heavy atom. The van der Waals surface area contributed by atoms with Crippen LogP contribution in [0.4, 0.5) is 0 Å². The smallest absolute Gasteiger partial charge is 0.148 e. The topological polar surface area (TPSA) is 29.5 Å². The predicted octanol–water partition coefficient (Wildman–Crippen LogP) is 3.88. The van der Waals surface area contributed by atoms with Gasteiger partial charge in [0.05, 0.1) is 21.7 Å². The van der Waals surface area contributed by atoms with Gasteiger partial charge in [0, 0.05) is 0 Å². The highest BCUT2D eigenvalue weighted by Crippen LogP contribution is 2.35. The molecule has 2 nitrogen and oxygen atoms in total. The van der Waals surface area contributed by atoms with E-state index in [0.717, 1.165) is 26.7 Å². The van der Waals surface area contributed by atoms with Gasteiger partial charge in [-0.15, -0.1) is 0 Å². The van der Waals surface area contributed by atoms with Crippen LogP contribution in [0.5, 0.6) is 5.75 Å². The van der Waals surface area contributed by atoms with Gasteiger partial charge in [-0.05, 0) is 62.9 Å². The van der Waals surface area contributed by atoms with Crippen LogP contribution in [-0.2, 0) is 6.61 Å². The summed E-state index contributed by atoms with van der Waals surface area (Å²) in [5, 5.41) is 9.02. The van der Waals surface area contributed by atoms with Gasteiger partial charge in [-0.1, -0.05) is 6.92 Å². The van der Waals surface area contributed by atoms with E-state index in [2.05, 4.69) is 38.8 Å². The van der Waals surface area contributed by atoms with Gasteiger partial charge in [0.25, 0.3) is 0 Å². The highest BCUT2D eigenvalue weighted by molar-refractivity contribution is 9.11. The van der Waals surface area contributed by atoms with E-state index in [-0.39, 0.29) is 12.7 Å².